The van der Waals surface area contributed by atoms with Crippen molar-refractivity contribution in [3.8, 4) is 0 Å². The van der Waals surface area contributed by atoms with Crippen LogP contribution in [0.1, 0.15) is 105 Å². The lowest BCUT2D eigenvalue weighted by atomic mass is 9.43. The molecule has 0 aromatic carbocycles. The van der Waals surface area contributed by atoms with Gasteiger partial charge in [-0.3, -0.25) is 9.59 Å². The largest absolute Gasteiger partial charge is 0.481 e. The number of carbonyl (C=O) groups is 2. The molecule has 36 heavy (non-hydrogen) atoms. The molecule has 0 bridgehead atoms. The number of aliphatic carboxylic acids is 1. The van der Waals surface area contributed by atoms with Gasteiger partial charge in [0.05, 0.1) is 12.2 Å². The zero-order valence-corrected chi connectivity index (χ0v) is 22.6. The fraction of sp³-hybridized carbons (Fsp3) is 0.931. The number of rotatable bonds is 8. The van der Waals surface area contributed by atoms with Crippen molar-refractivity contribution >= 4 is 11.9 Å². The molecule has 0 unspecified atom stereocenters. The number of aliphatic hydroxyl groups excluding tert-OH is 2. The number of hydrogen-bond acceptors (Lipinski definition) is 6. The van der Waals surface area contributed by atoms with Gasteiger partial charge in [0, 0.05) is 25.7 Å². The summed E-state index contributed by atoms with van der Waals surface area (Å²) in [5.41, 5.74) is -0.464. The number of esters is 1. The first kappa shape index (κ1) is 27.8. The van der Waals surface area contributed by atoms with Gasteiger partial charge in [0.2, 0.25) is 5.79 Å². The molecule has 4 saturated carbocycles. The Morgan fingerprint density at radius 1 is 1.06 bits per heavy atom. The zero-order chi connectivity index (χ0) is 26.5. The van der Waals surface area contributed by atoms with Gasteiger partial charge in [-0.25, -0.2) is 0 Å². The summed E-state index contributed by atoms with van der Waals surface area (Å²) in [6.07, 6.45) is 6.24. The van der Waals surface area contributed by atoms with Crippen LogP contribution in [-0.4, -0.2) is 50.4 Å². The Morgan fingerprint density at radius 3 is 2.44 bits per heavy atom. The highest BCUT2D eigenvalue weighted by Crippen LogP contribution is 2.69. The van der Waals surface area contributed by atoms with E-state index in [1.165, 1.54) is 0 Å². The van der Waals surface area contributed by atoms with Crippen LogP contribution in [0.15, 0.2) is 0 Å². The van der Waals surface area contributed by atoms with E-state index in [1.807, 2.05) is 6.92 Å². The molecule has 0 aliphatic heterocycles. The van der Waals surface area contributed by atoms with Gasteiger partial charge in [-0.05, 0) is 91.3 Å². The highest BCUT2D eigenvalue weighted by atomic mass is 16.7. The van der Waals surface area contributed by atoms with E-state index in [9.17, 15) is 30.0 Å². The van der Waals surface area contributed by atoms with E-state index >= 15 is 0 Å². The van der Waals surface area contributed by atoms with Gasteiger partial charge in [0.15, 0.2) is 0 Å². The topological polar surface area (TPSA) is 124 Å². The lowest BCUT2D eigenvalue weighted by Crippen LogP contribution is -2.63. The first-order valence-electron chi connectivity index (χ1n) is 14.4. The van der Waals surface area contributed by atoms with Crippen LogP contribution in [0.5, 0.6) is 0 Å². The minimum atomic E-state index is -1.47. The molecule has 4 fully saturated rings. The third-order valence-electron chi connectivity index (χ3n) is 11.4. The fourth-order valence-corrected chi connectivity index (χ4v) is 9.34. The first-order chi connectivity index (χ1) is 16.9. The third-order valence-corrected chi connectivity index (χ3v) is 11.4. The van der Waals surface area contributed by atoms with Gasteiger partial charge in [0.25, 0.3) is 0 Å². The first-order valence-corrected chi connectivity index (χ1v) is 14.4. The molecule has 4 aliphatic carbocycles. The Hall–Kier alpha value is -1.18. The van der Waals surface area contributed by atoms with E-state index in [1.54, 1.807) is 0 Å². The number of fused-ring (bicyclic) bond motifs is 5. The van der Waals surface area contributed by atoms with Crippen LogP contribution in [0.4, 0.5) is 0 Å². The molecule has 4 N–H and O–H groups in total. The average Bonchev–Trinajstić information content (AvgIpc) is 3.16. The molecule has 4 aliphatic rings. The standard InChI is InChI=1S/C29H48O7/c1-5-6-7-25(34)36-29(35)13-12-27(3)18(16-29)14-22(30)26-20-10-9-19(17(2)8-11-24(32)33)28(20,4)23(31)15-21(26)27/h17-23,26,30-31,35H,5-16H2,1-4H3,(H,32,33)/t17-,18-,19-,20+,21+,22-,23+,26+,27+,28-,29+/m1/s1. The molecule has 11 atom stereocenters. The van der Waals surface area contributed by atoms with E-state index in [2.05, 4.69) is 20.8 Å². The Bertz CT molecular complexity index is 830. The third kappa shape index (κ3) is 4.73. The lowest BCUT2D eigenvalue weighted by molar-refractivity contribution is -0.265. The van der Waals surface area contributed by atoms with Gasteiger partial charge in [-0.2, -0.15) is 0 Å². The molecular weight excluding hydrogens is 460 g/mol. The molecule has 0 aromatic rings. The maximum Gasteiger partial charge on any atom is 0.308 e. The van der Waals surface area contributed by atoms with Crippen molar-refractivity contribution in [2.45, 2.75) is 123 Å². The summed E-state index contributed by atoms with van der Waals surface area (Å²) in [4.78, 5) is 23.5. The molecular formula is C29H48O7. The van der Waals surface area contributed by atoms with Crippen LogP contribution >= 0.6 is 0 Å². The van der Waals surface area contributed by atoms with E-state index in [0.717, 1.165) is 25.7 Å². The maximum atomic E-state index is 12.3. The van der Waals surface area contributed by atoms with E-state index in [-0.39, 0.29) is 58.7 Å². The highest BCUT2D eigenvalue weighted by Gasteiger charge is 2.66. The van der Waals surface area contributed by atoms with Crippen LogP contribution in [0.25, 0.3) is 0 Å². The van der Waals surface area contributed by atoms with Gasteiger partial charge < -0.3 is 25.2 Å². The predicted octanol–water partition coefficient (Wildman–Crippen LogP) is 4.51. The summed E-state index contributed by atoms with van der Waals surface area (Å²) in [6.45, 7) is 8.58. The lowest BCUT2D eigenvalue weighted by Gasteiger charge is -2.64. The SMILES string of the molecule is CCCCC(=O)O[C@@]1(O)CC[C@@]2(C)[C@H](C[C@@H](O)[C@@H]3[C@@H]2C[C@H](O)[C@]2(C)[C@@H]([C@H](C)CCC(=O)O)CC[C@@H]32)C1. The number of aliphatic hydroxyl groups is 3. The van der Waals surface area contributed by atoms with Crippen LogP contribution in [0.3, 0.4) is 0 Å². The molecule has 0 aromatic heterocycles. The molecule has 4 rings (SSSR count). The predicted molar refractivity (Wildman–Crippen MR) is 135 cm³/mol. The number of hydrogen-bond donors (Lipinski definition) is 4. The van der Waals surface area contributed by atoms with Crippen LogP contribution < -0.4 is 0 Å². The zero-order valence-electron chi connectivity index (χ0n) is 22.6. The molecule has 0 heterocycles. The van der Waals surface area contributed by atoms with Crippen molar-refractivity contribution < 1.29 is 34.8 Å². The fourth-order valence-electron chi connectivity index (χ4n) is 9.34. The minimum Gasteiger partial charge on any atom is -0.481 e. The van der Waals surface area contributed by atoms with Crippen molar-refractivity contribution in [2.75, 3.05) is 0 Å². The van der Waals surface area contributed by atoms with Crippen LogP contribution in [-0.2, 0) is 14.3 Å². The maximum absolute atomic E-state index is 12.3. The van der Waals surface area contributed by atoms with E-state index in [4.69, 9.17) is 4.74 Å². The van der Waals surface area contributed by atoms with Crippen molar-refractivity contribution in [3.05, 3.63) is 0 Å². The van der Waals surface area contributed by atoms with Gasteiger partial charge in [0.1, 0.15) is 0 Å². The Balaban J connectivity index is 1.52. The summed E-state index contributed by atoms with van der Waals surface area (Å²) >= 11 is 0. The molecule has 7 nitrogen and oxygen atoms in total. The van der Waals surface area contributed by atoms with Gasteiger partial charge in [-0.1, -0.05) is 34.1 Å². The highest BCUT2D eigenvalue weighted by molar-refractivity contribution is 5.69. The van der Waals surface area contributed by atoms with Crippen molar-refractivity contribution in [1.29, 1.82) is 0 Å². The molecule has 206 valence electrons. The average molecular weight is 509 g/mol. The number of carbonyl (C=O) groups excluding carboxylic acids is 1. The normalized spacial score (nSPS) is 46.8. The molecule has 0 spiro atoms. The van der Waals surface area contributed by atoms with E-state index in [0.29, 0.717) is 44.9 Å². The Morgan fingerprint density at radius 2 is 1.78 bits per heavy atom. The van der Waals surface area contributed by atoms with Crippen molar-refractivity contribution in [1.82, 2.24) is 0 Å². The smallest absolute Gasteiger partial charge is 0.308 e. The molecule has 0 saturated heterocycles. The van der Waals surface area contributed by atoms with Crippen LogP contribution in [0.2, 0.25) is 0 Å². The monoisotopic (exact) mass is 508 g/mol. The number of ether oxygens (including phenoxy) is 1. The molecule has 0 amide bonds. The van der Waals surface area contributed by atoms with Crippen molar-refractivity contribution in [2.24, 2.45) is 46.3 Å². The summed E-state index contributed by atoms with van der Waals surface area (Å²) < 4.78 is 5.58. The summed E-state index contributed by atoms with van der Waals surface area (Å²) in [5, 5.41) is 43.5. The molecule has 0 radical (unpaired) electrons. The number of unbranched alkanes of at least 4 members (excludes halogenated alkanes) is 1. The Labute approximate surface area is 216 Å². The second kappa shape index (κ2) is 10.2. The summed E-state index contributed by atoms with van der Waals surface area (Å²) in [7, 11) is 0. The van der Waals surface area contributed by atoms with Gasteiger partial charge >= 0.3 is 11.9 Å². The minimum absolute atomic E-state index is 0.0229. The van der Waals surface area contributed by atoms with Crippen LogP contribution in [0, 0.1) is 46.3 Å². The van der Waals surface area contributed by atoms with Gasteiger partial charge in [-0.15, -0.1) is 0 Å². The molecule has 7 heteroatoms. The second-order valence-electron chi connectivity index (χ2n) is 13.2. The Kier molecular flexibility index (Phi) is 7.87. The van der Waals surface area contributed by atoms with E-state index < -0.39 is 24.0 Å². The summed E-state index contributed by atoms with van der Waals surface area (Å²) in [6, 6.07) is 0. The quantitative estimate of drug-likeness (QED) is 0.281. The second-order valence-corrected chi connectivity index (χ2v) is 13.2. The summed E-state index contributed by atoms with van der Waals surface area (Å²) in [5.74, 6) is -1.69. The van der Waals surface area contributed by atoms with Crippen molar-refractivity contribution in [3.63, 3.8) is 0 Å². The number of carboxylic acids is 1. The number of carboxylic acid groups (broad SMARTS) is 1.